The van der Waals surface area contributed by atoms with Crippen molar-refractivity contribution in [1.29, 1.82) is 0 Å². The molecule has 1 aliphatic rings. The van der Waals surface area contributed by atoms with Crippen molar-refractivity contribution in [2.45, 2.75) is 25.3 Å². The van der Waals surface area contributed by atoms with Gasteiger partial charge in [0.1, 0.15) is 0 Å². The molecule has 0 atom stereocenters. The van der Waals surface area contributed by atoms with Gasteiger partial charge >= 0.3 is 6.03 Å². The van der Waals surface area contributed by atoms with E-state index in [1.165, 1.54) is 0 Å². The first-order chi connectivity index (χ1) is 13.1. The first-order valence-electron chi connectivity index (χ1n) is 9.34. The highest BCUT2D eigenvalue weighted by molar-refractivity contribution is 5.76. The van der Waals surface area contributed by atoms with Crippen LogP contribution < -0.4 is 21.1 Å². The number of anilines is 1. The second-order valence-electron chi connectivity index (χ2n) is 6.80. The monoisotopic (exact) mass is 373 g/mol. The van der Waals surface area contributed by atoms with Gasteiger partial charge < -0.3 is 24.8 Å². The number of urea groups is 1. The number of piperidine rings is 1. The molecule has 2 N–H and O–H groups in total. The molecular weight excluding hydrogens is 346 g/mol. The number of carbonyl (C=O) groups excluding carboxylic acids is 1. The number of methoxy groups -OCH3 is 1. The van der Waals surface area contributed by atoms with E-state index in [2.05, 4.69) is 15.6 Å². The van der Waals surface area contributed by atoms with Gasteiger partial charge in [-0.15, -0.1) is 0 Å². The predicted octanol–water partition coefficient (Wildman–Crippen LogP) is 1.24. The molecule has 8 heteroatoms. The Bertz CT molecular complexity index is 843. The standard InChI is InChI=1S/C19H27N5O3/c1-23-16-7-4-3-6-15(16)22-17(18(23)25)24-11-8-14(9-12-24)21-19(26)20-10-5-13-27-2/h3-4,6-7,14H,5,8-13H2,1-2H3,(H2,20,21,26). The van der Waals surface area contributed by atoms with Gasteiger partial charge in [-0.1, -0.05) is 12.1 Å². The molecule has 8 nitrogen and oxygen atoms in total. The first-order valence-corrected chi connectivity index (χ1v) is 9.34. The molecule has 0 bridgehead atoms. The Morgan fingerprint density at radius 1 is 1.30 bits per heavy atom. The Kier molecular flexibility index (Phi) is 6.28. The van der Waals surface area contributed by atoms with Crippen LogP contribution in [0.1, 0.15) is 19.3 Å². The van der Waals surface area contributed by atoms with Crippen LogP contribution in [0.4, 0.5) is 10.6 Å². The van der Waals surface area contributed by atoms with Crippen molar-refractivity contribution in [1.82, 2.24) is 20.2 Å². The summed E-state index contributed by atoms with van der Waals surface area (Å²) in [6, 6.07) is 7.60. The van der Waals surface area contributed by atoms with E-state index in [1.54, 1.807) is 18.7 Å². The number of aromatic nitrogens is 2. The van der Waals surface area contributed by atoms with Crippen molar-refractivity contribution in [3.63, 3.8) is 0 Å². The molecule has 3 rings (SSSR count). The smallest absolute Gasteiger partial charge is 0.315 e. The fourth-order valence-electron chi connectivity index (χ4n) is 3.36. The van der Waals surface area contributed by atoms with Crippen LogP contribution in [-0.4, -0.2) is 55.0 Å². The van der Waals surface area contributed by atoms with Crippen molar-refractivity contribution in [2.75, 3.05) is 38.3 Å². The molecule has 1 aliphatic heterocycles. The summed E-state index contributed by atoms with van der Waals surface area (Å²) in [5, 5.41) is 5.84. The van der Waals surface area contributed by atoms with Crippen molar-refractivity contribution < 1.29 is 9.53 Å². The minimum Gasteiger partial charge on any atom is -0.385 e. The van der Waals surface area contributed by atoms with Gasteiger partial charge in [0.15, 0.2) is 5.82 Å². The van der Waals surface area contributed by atoms with Crippen LogP contribution in [0, 0.1) is 0 Å². The molecule has 146 valence electrons. The molecule has 1 aromatic heterocycles. The van der Waals surface area contributed by atoms with E-state index >= 15 is 0 Å². The molecule has 27 heavy (non-hydrogen) atoms. The van der Waals surface area contributed by atoms with Crippen LogP contribution in [0.25, 0.3) is 11.0 Å². The lowest BCUT2D eigenvalue weighted by Crippen LogP contribution is -2.49. The molecule has 2 aromatic rings. The zero-order valence-corrected chi connectivity index (χ0v) is 15.9. The van der Waals surface area contributed by atoms with Gasteiger partial charge in [0.25, 0.3) is 5.56 Å². The highest BCUT2D eigenvalue weighted by atomic mass is 16.5. The third-order valence-electron chi connectivity index (χ3n) is 4.91. The average Bonchev–Trinajstić information content (AvgIpc) is 2.69. The molecule has 1 fully saturated rings. The lowest BCUT2D eigenvalue weighted by atomic mass is 10.1. The number of amides is 2. The lowest BCUT2D eigenvalue weighted by Gasteiger charge is -2.33. The normalized spacial score (nSPS) is 15.1. The SMILES string of the molecule is COCCCNC(=O)NC1CCN(c2nc3ccccc3n(C)c2=O)CC1. The Labute approximate surface area is 158 Å². The minimum atomic E-state index is -0.149. The Morgan fingerprint density at radius 2 is 2.04 bits per heavy atom. The van der Waals surface area contributed by atoms with Gasteiger partial charge in [0, 0.05) is 46.4 Å². The fraction of sp³-hybridized carbons (Fsp3) is 0.526. The molecule has 0 unspecified atom stereocenters. The van der Waals surface area contributed by atoms with Crippen molar-refractivity contribution in [3.05, 3.63) is 34.6 Å². The van der Waals surface area contributed by atoms with Gasteiger partial charge in [-0.25, -0.2) is 9.78 Å². The summed E-state index contributed by atoms with van der Waals surface area (Å²) in [6.45, 7) is 2.60. The highest BCUT2D eigenvalue weighted by Crippen LogP contribution is 2.18. The van der Waals surface area contributed by atoms with Crippen LogP contribution in [0.2, 0.25) is 0 Å². The van der Waals surface area contributed by atoms with E-state index in [0.717, 1.165) is 30.3 Å². The molecule has 2 amide bonds. The topological polar surface area (TPSA) is 88.5 Å². The summed E-state index contributed by atoms with van der Waals surface area (Å²) in [5.41, 5.74) is 1.55. The fourth-order valence-corrected chi connectivity index (χ4v) is 3.36. The number of aryl methyl sites for hydroxylation is 1. The summed E-state index contributed by atoms with van der Waals surface area (Å²) in [5.74, 6) is 0.485. The summed E-state index contributed by atoms with van der Waals surface area (Å²) in [6.07, 6.45) is 2.35. The van der Waals surface area contributed by atoms with Gasteiger partial charge in [0.2, 0.25) is 0 Å². The summed E-state index contributed by atoms with van der Waals surface area (Å²) >= 11 is 0. The maximum atomic E-state index is 12.7. The molecule has 1 aromatic carbocycles. The first kappa shape index (κ1) is 19.2. The van der Waals surface area contributed by atoms with Gasteiger partial charge in [0.05, 0.1) is 11.0 Å². The number of benzene rings is 1. The number of para-hydroxylation sites is 2. The minimum absolute atomic E-state index is 0.0870. The summed E-state index contributed by atoms with van der Waals surface area (Å²) in [7, 11) is 3.42. The Morgan fingerprint density at radius 3 is 2.78 bits per heavy atom. The molecule has 0 aliphatic carbocycles. The van der Waals surface area contributed by atoms with E-state index in [9.17, 15) is 9.59 Å². The van der Waals surface area contributed by atoms with E-state index in [4.69, 9.17) is 4.74 Å². The van der Waals surface area contributed by atoms with Gasteiger partial charge in [-0.3, -0.25) is 4.79 Å². The van der Waals surface area contributed by atoms with Gasteiger partial charge in [-0.05, 0) is 31.4 Å². The Hall–Kier alpha value is -2.61. The van der Waals surface area contributed by atoms with Crippen LogP contribution in [0.3, 0.4) is 0 Å². The summed E-state index contributed by atoms with van der Waals surface area (Å²) < 4.78 is 6.61. The van der Waals surface area contributed by atoms with Crippen LogP contribution >= 0.6 is 0 Å². The van der Waals surface area contributed by atoms with Crippen LogP contribution in [0.15, 0.2) is 29.1 Å². The molecule has 0 spiro atoms. The van der Waals surface area contributed by atoms with E-state index < -0.39 is 0 Å². The van der Waals surface area contributed by atoms with E-state index in [-0.39, 0.29) is 17.6 Å². The molecular formula is C19H27N5O3. The number of ether oxygens (including phenoxy) is 1. The number of fused-ring (bicyclic) bond motifs is 1. The number of nitrogens with one attached hydrogen (secondary N) is 2. The third kappa shape index (κ3) is 4.57. The zero-order valence-electron chi connectivity index (χ0n) is 15.9. The number of rotatable bonds is 6. The summed E-state index contributed by atoms with van der Waals surface area (Å²) in [4.78, 5) is 31.2. The van der Waals surface area contributed by atoms with Crippen molar-refractivity contribution >= 4 is 22.9 Å². The molecule has 2 heterocycles. The van der Waals surface area contributed by atoms with Crippen LogP contribution in [0.5, 0.6) is 0 Å². The number of nitrogens with zero attached hydrogens (tertiary/aromatic N) is 3. The van der Waals surface area contributed by atoms with E-state index in [0.29, 0.717) is 32.1 Å². The van der Waals surface area contributed by atoms with Crippen molar-refractivity contribution in [3.8, 4) is 0 Å². The van der Waals surface area contributed by atoms with Crippen molar-refractivity contribution in [2.24, 2.45) is 7.05 Å². The largest absolute Gasteiger partial charge is 0.385 e. The molecule has 0 saturated carbocycles. The molecule has 1 saturated heterocycles. The number of carbonyl (C=O) groups is 1. The number of hydrogen-bond acceptors (Lipinski definition) is 5. The maximum absolute atomic E-state index is 12.7. The zero-order chi connectivity index (χ0) is 19.2. The Balaban J connectivity index is 1.58. The second kappa shape index (κ2) is 8.85. The third-order valence-corrected chi connectivity index (χ3v) is 4.91. The van der Waals surface area contributed by atoms with E-state index in [1.807, 2.05) is 29.2 Å². The second-order valence-corrected chi connectivity index (χ2v) is 6.80. The molecule has 0 radical (unpaired) electrons. The lowest BCUT2D eigenvalue weighted by molar-refractivity contribution is 0.193. The number of hydrogen-bond donors (Lipinski definition) is 2. The van der Waals surface area contributed by atoms with Gasteiger partial charge in [-0.2, -0.15) is 0 Å². The highest BCUT2D eigenvalue weighted by Gasteiger charge is 2.24. The quantitative estimate of drug-likeness (QED) is 0.744. The maximum Gasteiger partial charge on any atom is 0.315 e. The van der Waals surface area contributed by atoms with Crippen LogP contribution in [-0.2, 0) is 11.8 Å². The average molecular weight is 373 g/mol. The predicted molar refractivity (Wildman–Crippen MR) is 105 cm³/mol.